The van der Waals surface area contributed by atoms with E-state index < -0.39 is 0 Å². The highest BCUT2D eigenvalue weighted by Gasteiger charge is 2.24. The molecule has 1 nitrogen and oxygen atoms in total. The third-order valence-electron chi connectivity index (χ3n) is 4.23. The van der Waals surface area contributed by atoms with Gasteiger partial charge in [0.25, 0.3) is 0 Å². The van der Waals surface area contributed by atoms with Gasteiger partial charge in [-0.05, 0) is 43.4 Å². The number of hydrogen-bond donors (Lipinski definition) is 1. The van der Waals surface area contributed by atoms with Crippen LogP contribution in [0.1, 0.15) is 46.5 Å². The summed E-state index contributed by atoms with van der Waals surface area (Å²) >= 11 is 4.48. The van der Waals surface area contributed by atoms with E-state index in [1.54, 1.807) is 0 Å². The van der Waals surface area contributed by atoms with Gasteiger partial charge in [0.1, 0.15) is 0 Å². The van der Waals surface area contributed by atoms with E-state index in [2.05, 4.69) is 45.3 Å². The highest BCUT2D eigenvalue weighted by Crippen LogP contribution is 2.27. The third kappa shape index (κ3) is 4.29. The molecule has 1 rings (SSSR count). The van der Waals surface area contributed by atoms with Gasteiger partial charge in [0.15, 0.2) is 0 Å². The topological polar surface area (TPSA) is 3.24 Å². The van der Waals surface area contributed by atoms with Crippen molar-refractivity contribution in [2.45, 2.75) is 52.5 Å². The molecule has 0 spiro atoms. The second-order valence-corrected chi connectivity index (χ2v) is 6.42. The van der Waals surface area contributed by atoms with Crippen LogP contribution in [0.15, 0.2) is 0 Å². The lowest BCUT2D eigenvalue weighted by molar-refractivity contribution is 0.137. The van der Waals surface area contributed by atoms with Crippen molar-refractivity contribution in [3.8, 4) is 0 Å². The van der Waals surface area contributed by atoms with Crippen LogP contribution in [-0.4, -0.2) is 30.3 Å². The van der Waals surface area contributed by atoms with Gasteiger partial charge in [-0.2, -0.15) is 12.6 Å². The molecule has 3 unspecified atom stereocenters. The first-order chi connectivity index (χ1) is 7.54. The molecule has 0 saturated heterocycles. The van der Waals surface area contributed by atoms with Gasteiger partial charge in [-0.1, -0.05) is 33.6 Å². The van der Waals surface area contributed by atoms with E-state index in [4.69, 9.17) is 0 Å². The van der Waals surface area contributed by atoms with Crippen molar-refractivity contribution in [1.82, 2.24) is 4.90 Å². The van der Waals surface area contributed by atoms with Crippen molar-refractivity contribution in [1.29, 1.82) is 0 Å². The van der Waals surface area contributed by atoms with Gasteiger partial charge in [0.05, 0.1) is 0 Å². The molecule has 1 aliphatic rings. The summed E-state index contributed by atoms with van der Waals surface area (Å²) in [4.78, 5) is 2.59. The first-order valence-corrected chi connectivity index (χ1v) is 7.49. The molecule has 1 fully saturated rings. The summed E-state index contributed by atoms with van der Waals surface area (Å²) in [5, 5.41) is 0. The van der Waals surface area contributed by atoms with Gasteiger partial charge >= 0.3 is 0 Å². The van der Waals surface area contributed by atoms with Gasteiger partial charge in [-0.25, -0.2) is 0 Å². The molecule has 0 aromatic carbocycles. The second kappa shape index (κ2) is 6.90. The molecular weight excluding hydrogens is 214 g/mol. The second-order valence-electron chi connectivity index (χ2n) is 6.05. The maximum Gasteiger partial charge on any atom is 0.00948 e. The Kier molecular flexibility index (Phi) is 6.20. The van der Waals surface area contributed by atoms with Crippen LogP contribution < -0.4 is 0 Å². The number of rotatable bonds is 5. The van der Waals surface area contributed by atoms with Gasteiger partial charge in [0.2, 0.25) is 0 Å². The average Bonchev–Trinajstić information content (AvgIpc) is 2.25. The third-order valence-corrected chi connectivity index (χ3v) is 4.70. The molecule has 0 radical (unpaired) electrons. The van der Waals surface area contributed by atoms with Crippen LogP contribution in [0.25, 0.3) is 0 Å². The molecule has 0 aromatic rings. The zero-order valence-electron chi connectivity index (χ0n) is 11.4. The minimum Gasteiger partial charge on any atom is -0.303 e. The van der Waals surface area contributed by atoms with E-state index in [0.717, 1.165) is 29.5 Å². The van der Waals surface area contributed by atoms with Crippen molar-refractivity contribution in [2.75, 3.05) is 19.3 Å². The predicted molar refractivity (Wildman–Crippen MR) is 76.2 cm³/mol. The lowest BCUT2D eigenvalue weighted by atomic mass is 9.85. The fraction of sp³-hybridized carbons (Fsp3) is 1.00. The number of hydrogen-bond acceptors (Lipinski definition) is 2. The molecule has 2 heteroatoms. The monoisotopic (exact) mass is 243 g/mol. The van der Waals surface area contributed by atoms with Gasteiger partial charge < -0.3 is 4.90 Å². The minimum atomic E-state index is 0.741. The van der Waals surface area contributed by atoms with Crippen molar-refractivity contribution >= 4 is 12.6 Å². The summed E-state index contributed by atoms with van der Waals surface area (Å²) in [5.41, 5.74) is 0. The molecule has 0 amide bonds. The quantitative estimate of drug-likeness (QED) is 0.721. The SMILES string of the molecule is CC1CCCC(N(C)CC(CS)C(C)C)C1. The predicted octanol–water partition coefficient (Wildman–Crippen LogP) is 3.70. The zero-order chi connectivity index (χ0) is 12.1. The molecule has 0 bridgehead atoms. The van der Waals surface area contributed by atoms with E-state index in [1.165, 1.54) is 32.2 Å². The Balaban J connectivity index is 2.40. The molecule has 0 N–H and O–H groups in total. The van der Waals surface area contributed by atoms with Crippen molar-refractivity contribution in [3.05, 3.63) is 0 Å². The Bertz CT molecular complexity index is 193. The summed E-state index contributed by atoms with van der Waals surface area (Å²) in [6.07, 6.45) is 5.65. The highest BCUT2D eigenvalue weighted by molar-refractivity contribution is 7.80. The van der Waals surface area contributed by atoms with Crippen LogP contribution in [0.4, 0.5) is 0 Å². The van der Waals surface area contributed by atoms with Crippen LogP contribution in [0, 0.1) is 17.8 Å². The molecule has 0 heterocycles. The van der Waals surface area contributed by atoms with Crippen LogP contribution in [0.5, 0.6) is 0 Å². The Morgan fingerprint density at radius 3 is 2.50 bits per heavy atom. The maximum absolute atomic E-state index is 4.48. The maximum atomic E-state index is 4.48. The number of thiol groups is 1. The molecule has 1 aliphatic carbocycles. The van der Waals surface area contributed by atoms with E-state index in [-0.39, 0.29) is 0 Å². The van der Waals surface area contributed by atoms with Crippen LogP contribution >= 0.6 is 12.6 Å². The molecule has 96 valence electrons. The van der Waals surface area contributed by atoms with Crippen LogP contribution in [-0.2, 0) is 0 Å². The summed E-state index contributed by atoms with van der Waals surface area (Å²) in [5.74, 6) is 3.44. The summed E-state index contributed by atoms with van der Waals surface area (Å²) in [7, 11) is 2.31. The van der Waals surface area contributed by atoms with Gasteiger partial charge in [-0.3, -0.25) is 0 Å². The standard InChI is InChI=1S/C14H29NS/c1-11(2)13(10-16)9-15(4)14-7-5-6-12(3)8-14/h11-14,16H,5-10H2,1-4H3. The van der Waals surface area contributed by atoms with E-state index >= 15 is 0 Å². The summed E-state index contributed by atoms with van der Waals surface area (Å²) in [6.45, 7) is 8.26. The Labute approximate surface area is 107 Å². The Morgan fingerprint density at radius 2 is 2.00 bits per heavy atom. The fourth-order valence-electron chi connectivity index (χ4n) is 2.80. The normalized spacial score (nSPS) is 28.7. The van der Waals surface area contributed by atoms with E-state index in [0.29, 0.717) is 0 Å². The molecular formula is C14H29NS. The molecule has 0 aromatic heterocycles. The Hall–Kier alpha value is 0.310. The number of nitrogens with zero attached hydrogens (tertiary/aromatic N) is 1. The summed E-state index contributed by atoms with van der Waals surface area (Å²) in [6, 6.07) is 0.824. The van der Waals surface area contributed by atoms with E-state index in [9.17, 15) is 0 Å². The molecule has 16 heavy (non-hydrogen) atoms. The average molecular weight is 243 g/mol. The first-order valence-electron chi connectivity index (χ1n) is 6.85. The molecule has 0 aliphatic heterocycles. The van der Waals surface area contributed by atoms with Crippen molar-refractivity contribution in [3.63, 3.8) is 0 Å². The van der Waals surface area contributed by atoms with Crippen molar-refractivity contribution < 1.29 is 0 Å². The van der Waals surface area contributed by atoms with Crippen LogP contribution in [0.2, 0.25) is 0 Å². The van der Waals surface area contributed by atoms with Crippen molar-refractivity contribution in [2.24, 2.45) is 17.8 Å². The fourth-order valence-corrected chi connectivity index (χ4v) is 3.34. The highest BCUT2D eigenvalue weighted by atomic mass is 32.1. The van der Waals surface area contributed by atoms with E-state index in [1.807, 2.05) is 0 Å². The lowest BCUT2D eigenvalue weighted by Crippen LogP contribution is -2.40. The Morgan fingerprint density at radius 1 is 1.31 bits per heavy atom. The lowest BCUT2D eigenvalue weighted by Gasteiger charge is -2.36. The van der Waals surface area contributed by atoms with Gasteiger partial charge in [-0.15, -0.1) is 0 Å². The van der Waals surface area contributed by atoms with Gasteiger partial charge in [0, 0.05) is 12.6 Å². The smallest absolute Gasteiger partial charge is 0.00948 e. The molecule has 3 atom stereocenters. The summed E-state index contributed by atoms with van der Waals surface area (Å²) < 4.78 is 0. The minimum absolute atomic E-state index is 0.741. The van der Waals surface area contributed by atoms with Crippen LogP contribution in [0.3, 0.4) is 0 Å². The first kappa shape index (κ1) is 14.4. The zero-order valence-corrected chi connectivity index (χ0v) is 12.3. The largest absolute Gasteiger partial charge is 0.303 e. The molecule has 1 saturated carbocycles.